The van der Waals surface area contributed by atoms with Gasteiger partial charge in [0.1, 0.15) is 17.8 Å². The Labute approximate surface area is 169 Å². The van der Waals surface area contributed by atoms with Gasteiger partial charge in [-0.2, -0.15) is 0 Å². The van der Waals surface area contributed by atoms with Crippen LogP contribution in [-0.4, -0.2) is 19.3 Å². The summed E-state index contributed by atoms with van der Waals surface area (Å²) in [5.74, 6) is -0.324. The number of rotatable bonds is 7. The van der Waals surface area contributed by atoms with Crippen molar-refractivity contribution >= 4 is 28.7 Å². The molecule has 0 atom stereocenters. The summed E-state index contributed by atoms with van der Waals surface area (Å²) in [6.45, 7) is 1.73. The van der Waals surface area contributed by atoms with Crippen LogP contribution in [0.5, 0.6) is 23.0 Å². The van der Waals surface area contributed by atoms with Crippen molar-refractivity contribution in [3.05, 3.63) is 59.1 Å². The topological polar surface area (TPSA) is 44.8 Å². The highest BCUT2D eigenvalue weighted by Crippen LogP contribution is 2.42. The number of carbonyl (C=O) groups is 1. The van der Waals surface area contributed by atoms with Crippen LogP contribution in [0.25, 0.3) is 10.8 Å². The molecular weight excluding hydrogens is 409 g/mol. The van der Waals surface area contributed by atoms with Gasteiger partial charge in [-0.3, -0.25) is 0 Å². The number of fused-ring (bicyclic) bond motifs is 1. The van der Waals surface area contributed by atoms with Crippen LogP contribution in [-0.2, 0) is 11.2 Å². The number of alkyl halides is 3. The van der Waals surface area contributed by atoms with Crippen molar-refractivity contribution in [2.75, 3.05) is 6.61 Å². The second kappa shape index (κ2) is 8.61. The minimum atomic E-state index is -4.91. The van der Waals surface area contributed by atoms with Crippen LogP contribution in [0, 0.1) is 0 Å². The Hall–Kier alpha value is -2.93. The Morgan fingerprint density at radius 1 is 1.00 bits per heavy atom. The van der Waals surface area contributed by atoms with Crippen molar-refractivity contribution in [2.45, 2.75) is 19.7 Å². The molecule has 0 aliphatic heterocycles. The zero-order chi connectivity index (χ0) is 21.0. The molecule has 0 aliphatic carbocycles. The van der Waals surface area contributed by atoms with Gasteiger partial charge in [0, 0.05) is 18.6 Å². The van der Waals surface area contributed by atoms with E-state index in [9.17, 15) is 18.0 Å². The lowest BCUT2D eigenvalue weighted by Crippen LogP contribution is -2.18. The Morgan fingerprint density at radius 3 is 2.41 bits per heavy atom. The van der Waals surface area contributed by atoms with Crippen LogP contribution in [0.4, 0.5) is 13.2 Å². The number of benzene rings is 3. The van der Waals surface area contributed by atoms with Gasteiger partial charge in [-0.1, -0.05) is 35.9 Å². The molecule has 3 aromatic rings. The molecule has 0 bridgehead atoms. The largest absolute Gasteiger partial charge is 0.573 e. The molecule has 3 rings (SSSR count). The lowest BCUT2D eigenvalue weighted by molar-refractivity contribution is -0.275. The van der Waals surface area contributed by atoms with Crippen LogP contribution >= 0.6 is 11.6 Å². The van der Waals surface area contributed by atoms with Crippen LogP contribution in [0.1, 0.15) is 12.5 Å². The van der Waals surface area contributed by atoms with Gasteiger partial charge in [0.25, 0.3) is 0 Å². The molecule has 3 aromatic carbocycles. The molecule has 0 amide bonds. The van der Waals surface area contributed by atoms with Gasteiger partial charge < -0.3 is 19.0 Å². The average Bonchev–Trinajstić information content (AvgIpc) is 2.64. The van der Waals surface area contributed by atoms with E-state index in [0.29, 0.717) is 12.2 Å². The Balaban J connectivity index is 1.92. The monoisotopic (exact) mass is 424 g/mol. The maximum absolute atomic E-state index is 12.7. The maximum Gasteiger partial charge on any atom is 0.573 e. The molecule has 4 nitrogen and oxygen atoms in total. The van der Waals surface area contributed by atoms with E-state index in [-0.39, 0.29) is 23.1 Å². The van der Waals surface area contributed by atoms with Crippen molar-refractivity contribution < 1.29 is 32.2 Å². The molecule has 0 radical (unpaired) electrons. The minimum absolute atomic E-state index is 0.0645. The molecule has 0 unspecified atom stereocenters. The molecule has 152 valence electrons. The standard InChI is InChI=1S/C21H16ClF3O4/c1-2-27-20-18(22)11-17(12-19(20)29-21(23,24)25)28-16-6-5-14-9-13(7-8-26)3-4-15(14)10-16/h3-6,8-12H,2,7H2,1H3. The van der Waals surface area contributed by atoms with E-state index in [1.54, 1.807) is 25.1 Å². The van der Waals surface area contributed by atoms with Gasteiger partial charge in [0.2, 0.25) is 0 Å². The summed E-state index contributed by atoms with van der Waals surface area (Å²) >= 11 is 6.07. The zero-order valence-corrected chi connectivity index (χ0v) is 16.0. The number of aldehydes is 1. The van der Waals surface area contributed by atoms with Gasteiger partial charge >= 0.3 is 6.36 Å². The number of hydrogen-bond acceptors (Lipinski definition) is 4. The van der Waals surface area contributed by atoms with Crippen LogP contribution in [0.3, 0.4) is 0 Å². The summed E-state index contributed by atoms with van der Waals surface area (Å²) in [7, 11) is 0. The number of ether oxygens (including phenoxy) is 3. The first kappa shape index (κ1) is 20.8. The molecule has 0 aromatic heterocycles. The van der Waals surface area contributed by atoms with E-state index in [1.165, 1.54) is 6.07 Å². The Bertz CT molecular complexity index is 1030. The highest BCUT2D eigenvalue weighted by Gasteiger charge is 2.33. The lowest BCUT2D eigenvalue weighted by Gasteiger charge is -2.16. The summed E-state index contributed by atoms with van der Waals surface area (Å²) in [5.41, 5.74) is 0.883. The van der Waals surface area contributed by atoms with E-state index >= 15 is 0 Å². The third kappa shape index (κ3) is 5.32. The van der Waals surface area contributed by atoms with Crippen LogP contribution in [0.2, 0.25) is 5.02 Å². The van der Waals surface area contributed by atoms with E-state index in [1.807, 2.05) is 18.2 Å². The number of hydrogen-bond donors (Lipinski definition) is 0. The highest BCUT2D eigenvalue weighted by molar-refractivity contribution is 6.32. The SMILES string of the molecule is CCOc1c(Cl)cc(Oc2ccc3cc(CC=O)ccc3c2)cc1OC(F)(F)F. The fraction of sp³-hybridized carbons (Fsp3) is 0.190. The minimum Gasteiger partial charge on any atom is -0.488 e. The summed E-state index contributed by atoms with van der Waals surface area (Å²) in [4.78, 5) is 10.7. The van der Waals surface area contributed by atoms with Crippen LogP contribution < -0.4 is 14.2 Å². The zero-order valence-electron chi connectivity index (χ0n) is 15.3. The van der Waals surface area contributed by atoms with E-state index < -0.39 is 12.1 Å². The second-order valence-corrected chi connectivity index (χ2v) is 6.44. The predicted octanol–water partition coefficient (Wildman–Crippen LogP) is 6.32. The maximum atomic E-state index is 12.7. The van der Waals surface area contributed by atoms with Crippen molar-refractivity contribution in [3.63, 3.8) is 0 Å². The predicted molar refractivity (Wildman–Crippen MR) is 103 cm³/mol. The summed E-state index contributed by atoms with van der Waals surface area (Å²) in [6.07, 6.45) is -3.76. The molecule has 0 spiro atoms. The average molecular weight is 425 g/mol. The molecule has 8 heteroatoms. The molecule has 0 aliphatic rings. The van der Waals surface area contributed by atoms with E-state index in [0.717, 1.165) is 28.7 Å². The molecule has 0 saturated heterocycles. The molecule has 0 fully saturated rings. The summed E-state index contributed by atoms with van der Waals surface area (Å²) in [5, 5.41) is 1.69. The van der Waals surface area contributed by atoms with Gasteiger partial charge in [-0.25, -0.2) is 0 Å². The first-order chi connectivity index (χ1) is 13.8. The first-order valence-corrected chi connectivity index (χ1v) is 9.03. The fourth-order valence-corrected chi connectivity index (χ4v) is 3.04. The lowest BCUT2D eigenvalue weighted by atomic mass is 10.1. The van der Waals surface area contributed by atoms with Gasteiger partial charge in [0.05, 0.1) is 11.6 Å². The molecule has 0 heterocycles. The van der Waals surface area contributed by atoms with Crippen molar-refractivity contribution in [1.82, 2.24) is 0 Å². The summed E-state index contributed by atoms with van der Waals surface area (Å²) < 4.78 is 53.1. The van der Waals surface area contributed by atoms with Gasteiger partial charge in [0.15, 0.2) is 11.5 Å². The van der Waals surface area contributed by atoms with Crippen molar-refractivity contribution in [3.8, 4) is 23.0 Å². The van der Waals surface area contributed by atoms with Crippen molar-refractivity contribution in [1.29, 1.82) is 0 Å². The van der Waals surface area contributed by atoms with Gasteiger partial charge in [-0.05, 0) is 35.4 Å². The van der Waals surface area contributed by atoms with E-state index in [4.69, 9.17) is 21.1 Å². The number of carbonyl (C=O) groups excluding carboxylic acids is 1. The normalized spacial score (nSPS) is 11.3. The number of halogens is 4. The molecule has 0 N–H and O–H groups in total. The quantitative estimate of drug-likeness (QED) is 0.416. The summed E-state index contributed by atoms with van der Waals surface area (Å²) in [6, 6.07) is 13.2. The second-order valence-electron chi connectivity index (χ2n) is 6.03. The van der Waals surface area contributed by atoms with Crippen LogP contribution in [0.15, 0.2) is 48.5 Å². The smallest absolute Gasteiger partial charge is 0.488 e. The van der Waals surface area contributed by atoms with Crippen molar-refractivity contribution in [2.24, 2.45) is 0 Å². The molecular formula is C21H16ClF3O4. The first-order valence-electron chi connectivity index (χ1n) is 8.65. The fourth-order valence-electron chi connectivity index (χ4n) is 2.78. The van der Waals surface area contributed by atoms with Gasteiger partial charge in [-0.15, -0.1) is 13.2 Å². The third-order valence-electron chi connectivity index (χ3n) is 3.93. The highest BCUT2D eigenvalue weighted by atomic mass is 35.5. The Morgan fingerprint density at radius 2 is 1.72 bits per heavy atom. The molecule has 29 heavy (non-hydrogen) atoms. The third-order valence-corrected chi connectivity index (χ3v) is 4.21. The molecule has 0 saturated carbocycles. The Kier molecular flexibility index (Phi) is 6.17. The van der Waals surface area contributed by atoms with E-state index in [2.05, 4.69) is 4.74 Å².